The highest BCUT2D eigenvalue weighted by Crippen LogP contribution is 2.31. The maximum absolute atomic E-state index is 12.7. The van der Waals surface area contributed by atoms with E-state index in [2.05, 4.69) is 10.3 Å². The van der Waals surface area contributed by atoms with Crippen molar-refractivity contribution in [1.29, 1.82) is 5.41 Å². The van der Waals surface area contributed by atoms with E-state index < -0.39 is 11.2 Å². The standard InChI is InChI=1S/C24H26N4O4S2.HI/c1-16-21(23(31)26-13-12-20(29)32-14-17-6-4-3-5-7-17)34-24(28(16)2)27-22(30)18-8-10-19(11-9-18)33-15-25;/h3-11,15-16,21,25H,12-14H2,1-2H3,(H,26,31);1H. The van der Waals surface area contributed by atoms with Crippen LogP contribution in [0.1, 0.15) is 29.3 Å². The number of nitrogens with one attached hydrogen (secondary N) is 2. The van der Waals surface area contributed by atoms with Crippen molar-refractivity contribution in [3.8, 4) is 0 Å². The van der Waals surface area contributed by atoms with Gasteiger partial charge in [0.1, 0.15) is 11.9 Å². The summed E-state index contributed by atoms with van der Waals surface area (Å²) in [6, 6.07) is 16.1. The fourth-order valence-corrected chi connectivity index (χ4v) is 4.84. The molecule has 186 valence electrons. The zero-order chi connectivity index (χ0) is 24.5. The molecule has 2 N–H and O–H groups in total. The Hall–Kier alpha value is -2.38. The molecule has 2 aromatic carbocycles. The molecule has 1 heterocycles. The number of esters is 1. The minimum atomic E-state index is -0.455. The lowest BCUT2D eigenvalue weighted by atomic mass is 10.2. The molecule has 0 aromatic heterocycles. The summed E-state index contributed by atoms with van der Waals surface area (Å²) in [5.41, 5.74) is 2.56. The fraction of sp³-hybridized carbons (Fsp3) is 0.292. The van der Waals surface area contributed by atoms with Crippen LogP contribution in [0.15, 0.2) is 64.5 Å². The largest absolute Gasteiger partial charge is 0.461 e. The highest BCUT2D eigenvalue weighted by molar-refractivity contribution is 14.0. The van der Waals surface area contributed by atoms with Crippen LogP contribution < -0.4 is 5.32 Å². The third-order valence-electron chi connectivity index (χ3n) is 5.21. The second-order valence-corrected chi connectivity index (χ2v) is 9.59. The fourth-order valence-electron chi connectivity index (χ4n) is 3.14. The maximum Gasteiger partial charge on any atom is 0.307 e. The second kappa shape index (κ2) is 14.2. The second-order valence-electron chi connectivity index (χ2n) is 7.54. The molecule has 1 aliphatic heterocycles. The van der Waals surface area contributed by atoms with Crippen molar-refractivity contribution in [2.75, 3.05) is 13.6 Å². The Labute approximate surface area is 230 Å². The van der Waals surface area contributed by atoms with Crippen LogP contribution in [-0.2, 0) is 20.9 Å². The number of carbonyl (C=O) groups is 3. The van der Waals surface area contributed by atoms with Gasteiger partial charge in [-0.05, 0) is 36.8 Å². The number of amides is 2. The molecule has 0 bridgehead atoms. The molecule has 35 heavy (non-hydrogen) atoms. The number of carbonyl (C=O) groups excluding carboxylic acids is 3. The van der Waals surface area contributed by atoms with Gasteiger partial charge in [-0.3, -0.25) is 14.4 Å². The van der Waals surface area contributed by atoms with Gasteiger partial charge in [0.25, 0.3) is 5.91 Å². The molecule has 8 nitrogen and oxygen atoms in total. The van der Waals surface area contributed by atoms with Crippen molar-refractivity contribution in [3.63, 3.8) is 0 Å². The zero-order valence-electron chi connectivity index (χ0n) is 19.3. The van der Waals surface area contributed by atoms with E-state index in [-0.39, 0.29) is 61.5 Å². The molecular formula is C24H27IN4O4S2. The molecule has 2 aromatic rings. The average molecular weight is 627 g/mol. The van der Waals surface area contributed by atoms with E-state index in [1.807, 2.05) is 37.3 Å². The molecular weight excluding hydrogens is 599 g/mol. The first kappa shape index (κ1) is 28.9. The molecule has 2 atom stereocenters. The molecule has 0 aliphatic carbocycles. The highest BCUT2D eigenvalue weighted by Gasteiger charge is 2.39. The summed E-state index contributed by atoms with van der Waals surface area (Å²) >= 11 is 2.48. The molecule has 11 heteroatoms. The van der Waals surface area contributed by atoms with Crippen LogP contribution in [0, 0.1) is 5.41 Å². The lowest BCUT2D eigenvalue weighted by Gasteiger charge is -2.19. The number of ether oxygens (including phenoxy) is 1. The first-order chi connectivity index (χ1) is 16.4. The summed E-state index contributed by atoms with van der Waals surface area (Å²) < 4.78 is 5.22. The first-order valence-electron chi connectivity index (χ1n) is 10.6. The van der Waals surface area contributed by atoms with E-state index >= 15 is 0 Å². The van der Waals surface area contributed by atoms with Crippen LogP contribution in [0.4, 0.5) is 0 Å². The SMILES string of the molecule is CC1C(C(=O)NCCC(=O)OCc2ccccc2)SC(=NC(=O)c2ccc(SC=N)cc2)N1C.I. The van der Waals surface area contributed by atoms with Crippen molar-refractivity contribution < 1.29 is 19.1 Å². The summed E-state index contributed by atoms with van der Waals surface area (Å²) in [6.07, 6.45) is 0.0753. The van der Waals surface area contributed by atoms with Gasteiger partial charge in [-0.2, -0.15) is 4.99 Å². The van der Waals surface area contributed by atoms with Crippen LogP contribution in [0.2, 0.25) is 0 Å². The third-order valence-corrected chi connectivity index (χ3v) is 7.32. The maximum atomic E-state index is 12.7. The van der Waals surface area contributed by atoms with Crippen LogP contribution >= 0.6 is 47.5 Å². The summed E-state index contributed by atoms with van der Waals surface area (Å²) in [6.45, 7) is 2.26. The molecule has 1 saturated heterocycles. The quantitative estimate of drug-likeness (QED) is 0.141. The van der Waals surface area contributed by atoms with Gasteiger partial charge in [0.05, 0.1) is 12.0 Å². The number of halogens is 1. The van der Waals surface area contributed by atoms with Crippen LogP contribution in [0.5, 0.6) is 0 Å². The smallest absolute Gasteiger partial charge is 0.307 e. The third kappa shape index (κ3) is 8.36. The Bertz CT molecular complexity index is 1070. The molecule has 3 rings (SSSR count). The number of hydrogen-bond acceptors (Lipinski definition) is 7. The summed E-state index contributed by atoms with van der Waals surface area (Å²) in [4.78, 5) is 44.1. The van der Waals surface area contributed by atoms with Gasteiger partial charge < -0.3 is 20.4 Å². The number of thioether (sulfide) groups is 2. The van der Waals surface area contributed by atoms with E-state index in [0.29, 0.717) is 10.7 Å². The van der Waals surface area contributed by atoms with Gasteiger partial charge in [-0.15, -0.1) is 24.0 Å². The van der Waals surface area contributed by atoms with Crippen LogP contribution in [0.3, 0.4) is 0 Å². The van der Waals surface area contributed by atoms with Gasteiger partial charge in [-0.25, -0.2) is 0 Å². The summed E-state index contributed by atoms with van der Waals surface area (Å²) in [5.74, 6) is -0.993. The van der Waals surface area contributed by atoms with Crippen molar-refractivity contribution in [2.45, 2.75) is 36.1 Å². The Kier molecular flexibility index (Phi) is 11.7. The van der Waals surface area contributed by atoms with Gasteiger partial charge in [0.2, 0.25) is 5.91 Å². The van der Waals surface area contributed by atoms with Gasteiger partial charge in [0, 0.05) is 30.1 Å². The van der Waals surface area contributed by atoms with E-state index in [1.54, 1.807) is 36.2 Å². The number of rotatable bonds is 9. The van der Waals surface area contributed by atoms with Gasteiger partial charge >= 0.3 is 5.97 Å². The Morgan fingerprint density at radius 2 is 1.86 bits per heavy atom. The van der Waals surface area contributed by atoms with E-state index in [1.165, 1.54) is 29.1 Å². The van der Waals surface area contributed by atoms with E-state index in [0.717, 1.165) is 10.5 Å². The Balaban J connectivity index is 0.00000432. The Morgan fingerprint density at radius 1 is 1.17 bits per heavy atom. The predicted molar refractivity (Wildman–Crippen MR) is 151 cm³/mol. The Morgan fingerprint density at radius 3 is 2.51 bits per heavy atom. The van der Waals surface area contributed by atoms with Crippen molar-refractivity contribution in [3.05, 3.63) is 65.7 Å². The molecule has 0 saturated carbocycles. The van der Waals surface area contributed by atoms with E-state index in [4.69, 9.17) is 10.1 Å². The number of amidine groups is 1. The minimum Gasteiger partial charge on any atom is -0.461 e. The van der Waals surface area contributed by atoms with Gasteiger partial charge in [-0.1, -0.05) is 53.9 Å². The normalized spacial score (nSPS) is 18.0. The summed E-state index contributed by atoms with van der Waals surface area (Å²) in [7, 11) is 1.79. The predicted octanol–water partition coefficient (Wildman–Crippen LogP) is 4.19. The molecule has 1 fully saturated rings. The van der Waals surface area contributed by atoms with Crippen LogP contribution in [-0.4, -0.2) is 58.3 Å². The molecule has 2 amide bonds. The van der Waals surface area contributed by atoms with Gasteiger partial charge in [0.15, 0.2) is 5.17 Å². The average Bonchev–Trinajstić information content (AvgIpc) is 3.12. The topological polar surface area (TPSA) is 112 Å². The monoisotopic (exact) mass is 626 g/mol. The van der Waals surface area contributed by atoms with Crippen LogP contribution in [0.25, 0.3) is 0 Å². The number of benzene rings is 2. The number of aliphatic imine (C=N–C) groups is 1. The van der Waals surface area contributed by atoms with Crippen molar-refractivity contribution in [2.24, 2.45) is 4.99 Å². The molecule has 2 unspecified atom stereocenters. The molecule has 0 radical (unpaired) electrons. The number of nitrogens with zero attached hydrogens (tertiary/aromatic N) is 2. The lowest BCUT2D eigenvalue weighted by molar-refractivity contribution is -0.144. The number of hydrogen-bond donors (Lipinski definition) is 2. The van der Waals surface area contributed by atoms with E-state index in [9.17, 15) is 14.4 Å². The zero-order valence-corrected chi connectivity index (χ0v) is 23.3. The lowest BCUT2D eigenvalue weighted by Crippen LogP contribution is -2.41. The highest BCUT2D eigenvalue weighted by atomic mass is 127. The molecule has 0 spiro atoms. The summed E-state index contributed by atoms with van der Waals surface area (Å²) in [5, 5.41) is 9.92. The first-order valence-corrected chi connectivity index (χ1v) is 12.4. The van der Waals surface area contributed by atoms with Crippen molar-refractivity contribution >= 4 is 76.0 Å². The van der Waals surface area contributed by atoms with Crippen molar-refractivity contribution in [1.82, 2.24) is 10.2 Å². The molecule has 1 aliphatic rings. The minimum absolute atomic E-state index is 0.